The highest BCUT2D eigenvalue weighted by atomic mass is 32.2. The number of carbonyl (C=O) groups is 4. The molecule has 13 heteroatoms. The quantitative estimate of drug-likeness (QED) is 0.197. The monoisotopic (exact) mass is 618 g/mol. The summed E-state index contributed by atoms with van der Waals surface area (Å²) < 4.78 is 33.9. The number of ketones is 1. The molecule has 3 aliphatic rings. The molecule has 43 heavy (non-hydrogen) atoms. The first-order chi connectivity index (χ1) is 20.4. The van der Waals surface area contributed by atoms with Crippen molar-refractivity contribution in [3.8, 4) is 5.75 Å². The molecule has 1 aliphatic carbocycles. The lowest BCUT2D eigenvalue weighted by Gasteiger charge is -2.27. The zero-order valence-electron chi connectivity index (χ0n) is 25.0. The Balaban J connectivity index is 1.43. The summed E-state index contributed by atoms with van der Waals surface area (Å²) in [5.41, 5.74) is 0.946. The number of amides is 3. The molecule has 4 atom stereocenters. The summed E-state index contributed by atoms with van der Waals surface area (Å²) in [7, 11) is -1.53. The number of sulfone groups is 1. The van der Waals surface area contributed by atoms with Crippen LogP contribution in [0.2, 0.25) is 0 Å². The Labute approximate surface area is 252 Å². The van der Waals surface area contributed by atoms with Crippen LogP contribution >= 0.6 is 0 Å². The fraction of sp³-hybridized carbons (Fsp3) is 0.600. The van der Waals surface area contributed by atoms with Gasteiger partial charge in [-0.3, -0.25) is 24.1 Å². The van der Waals surface area contributed by atoms with Gasteiger partial charge in [0.05, 0.1) is 37.8 Å². The molecule has 1 aromatic rings. The molecule has 2 aliphatic heterocycles. The first-order valence-corrected chi connectivity index (χ1v) is 16.5. The van der Waals surface area contributed by atoms with Crippen molar-refractivity contribution in [2.24, 2.45) is 0 Å². The number of hydrogen-bond acceptors (Lipinski definition) is 9. The van der Waals surface area contributed by atoms with Crippen LogP contribution in [0.4, 0.5) is 0 Å². The van der Waals surface area contributed by atoms with Crippen LogP contribution in [0.15, 0.2) is 35.9 Å². The molecule has 2 fully saturated rings. The van der Waals surface area contributed by atoms with Crippen LogP contribution in [0.5, 0.6) is 5.75 Å². The zero-order valence-corrected chi connectivity index (χ0v) is 25.8. The van der Waals surface area contributed by atoms with E-state index >= 15 is 0 Å². The van der Waals surface area contributed by atoms with Gasteiger partial charge in [-0.15, -0.1) is 0 Å². The number of rotatable bonds is 14. The predicted octanol–water partition coefficient (Wildman–Crippen LogP) is 0.301. The molecule has 4 unspecified atom stereocenters. The fourth-order valence-corrected chi connectivity index (χ4v) is 6.53. The number of epoxide rings is 1. The first-order valence-electron chi connectivity index (χ1n) is 14.7. The molecule has 2 heterocycles. The maximum absolute atomic E-state index is 13.7. The number of allylic oxidation sites excluding steroid dienone is 1. The Kier molecular flexibility index (Phi) is 10.6. The number of methoxy groups -OCH3 is 1. The van der Waals surface area contributed by atoms with Gasteiger partial charge >= 0.3 is 0 Å². The first kappa shape index (κ1) is 32.6. The third kappa shape index (κ3) is 9.35. The van der Waals surface area contributed by atoms with Crippen LogP contribution in [0.1, 0.15) is 45.1 Å². The summed E-state index contributed by atoms with van der Waals surface area (Å²) >= 11 is 0. The Morgan fingerprint density at radius 3 is 2.23 bits per heavy atom. The second-order valence-electron chi connectivity index (χ2n) is 11.7. The Morgan fingerprint density at radius 2 is 1.65 bits per heavy atom. The molecule has 0 radical (unpaired) electrons. The zero-order chi connectivity index (χ0) is 31.2. The summed E-state index contributed by atoms with van der Waals surface area (Å²) in [6, 6.07) is 4.29. The standard InChI is InChI=1S/C30H42N4O8S/c1-20(31-26(35)18-34-12-14-43(39,40)15-13-34)28(37)33-25(17-22-8-10-23(41-3)11-9-22)29(38)32-24(16-21-6-4-5-7-21)27(36)30(2)19-42-30/h6,8-11,20,24-25H,4-5,7,12-19H2,1-3H3,(H,31,35)(H,32,38)(H,33,37). The van der Waals surface area contributed by atoms with E-state index in [0.717, 1.165) is 30.4 Å². The van der Waals surface area contributed by atoms with Crippen LogP contribution in [0.3, 0.4) is 0 Å². The highest BCUT2D eigenvalue weighted by molar-refractivity contribution is 7.91. The van der Waals surface area contributed by atoms with Crippen LogP contribution in [0, 0.1) is 0 Å². The Bertz CT molecular complexity index is 1330. The highest BCUT2D eigenvalue weighted by Gasteiger charge is 2.50. The minimum Gasteiger partial charge on any atom is -0.497 e. The van der Waals surface area contributed by atoms with E-state index in [1.54, 1.807) is 43.2 Å². The number of hydrogen-bond donors (Lipinski definition) is 3. The molecule has 12 nitrogen and oxygen atoms in total. The van der Waals surface area contributed by atoms with E-state index in [2.05, 4.69) is 22.0 Å². The van der Waals surface area contributed by atoms with Crippen molar-refractivity contribution in [3.05, 3.63) is 41.5 Å². The molecule has 0 spiro atoms. The number of nitrogens with zero attached hydrogens (tertiary/aromatic N) is 1. The van der Waals surface area contributed by atoms with Gasteiger partial charge in [-0.2, -0.15) is 0 Å². The third-order valence-electron chi connectivity index (χ3n) is 8.14. The van der Waals surface area contributed by atoms with E-state index in [9.17, 15) is 27.6 Å². The SMILES string of the molecule is COc1ccc(CC(NC(=O)C(C)NC(=O)CN2CCS(=O)(=O)CC2)C(=O)NC(CC2=CCCC2)C(=O)C2(C)CO2)cc1. The van der Waals surface area contributed by atoms with Gasteiger partial charge in [0.2, 0.25) is 17.7 Å². The average Bonchev–Trinajstić information content (AvgIpc) is 3.51. The van der Waals surface area contributed by atoms with Gasteiger partial charge in [0.1, 0.15) is 23.4 Å². The van der Waals surface area contributed by atoms with E-state index in [1.807, 2.05) is 0 Å². The molecule has 236 valence electrons. The molecule has 0 saturated carbocycles. The van der Waals surface area contributed by atoms with E-state index in [-0.39, 0.29) is 43.3 Å². The van der Waals surface area contributed by atoms with Crippen LogP contribution in [-0.2, 0) is 40.2 Å². The lowest BCUT2D eigenvalue weighted by molar-refractivity contribution is -0.134. The molecule has 4 rings (SSSR count). The van der Waals surface area contributed by atoms with Crippen molar-refractivity contribution in [3.63, 3.8) is 0 Å². The van der Waals surface area contributed by atoms with E-state index in [4.69, 9.17) is 9.47 Å². The lowest BCUT2D eigenvalue weighted by atomic mass is 9.94. The van der Waals surface area contributed by atoms with Crippen LogP contribution < -0.4 is 20.7 Å². The van der Waals surface area contributed by atoms with Crippen molar-refractivity contribution in [1.82, 2.24) is 20.9 Å². The second-order valence-corrected chi connectivity index (χ2v) is 14.0. The van der Waals surface area contributed by atoms with Crippen molar-refractivity contribution < 1.29 is 37.1 Å². The maximum Gasteiger partial charge on any atom is 0.243 e. The Hall–Kier alpha value is -3.29. The molecule has 0 bridgehead atoms. The summed E-state index contributed by atoms with van der Waals surface area (Å²) in [5.74, 6) is -1.08. The van der Waals surface area contributed by atoms with E-state index < -0.39 is 51.3 Å². The topological polar surface area (TPSA) is 164 Å². The largest absolute Gasteiger partial charge is 0.497 e. The number of carbonyl (C=O) groups excluding carboxylic acids is 4. The van der Waals surface area contributed by atoms with Gasteiger partial charge in [0.15, 0.2) is 15.6 Å². The molecular weight excluding hydrogens is 576 g/mol. The minimum atomic E-state index is -3.08. The average molecular weight is 619 g/mol. The summed E-state index contributed by atoms with van der Waals surface area (Å²) in [6.07, 6.45) is 5.45. The van der Waals surface area contributed by atoms with Crippen molar-refractivity contribution in [2.45, 2.75) is 69.7 Å². The molecule has 0 aromatic heterocycles. The van der Waals surface area contributed by atoms with E-state index in [1.165, 1.54) is 6.92 Å². The number of benzene rings is 1. The number of nitrogens with one attached hydrogen (secondary N) is 3. The smallest absolute Gasteiger partial charge is 0.243 e. The normalized spacial score (nSPS) is 23.3. The van der Waals surface area contributed by atoms with Crippen LogP contribution in [-0.4, -0.2) is 105 Å². The highest BCUT2D eigenvalue weighted by Crippen LogP contribution is 2.31. The number of Topliss-reactive ketones (excluding diaryl/α,β-unsaturated/α-hetero) is 1. The van der Waals surface area contributed by atoms with Gasteiger partial charge in [-0.1, -0.05) is 23.8 Å². The molecule has 3 amide bonds. The van der Waals surface area contributed by atoms with Gasteiger partial charge < -0.3 is 25.4 Å². The molecular formula is C30H42N4O8S. The third-order valence-corrected chi connectivity index (χ3v) is 9.75. The van der Waals surface area contributed by atoms with Crippen molar-refractivity contribution in [1.29, 1.82) is 0 Å². The summed E-state index contributed by atoms with van der Waals surface area (Å²) in [5, 5.41) is 8.28. The van der Waals surface area contributed by atoms with Gasteiger partial charge in [-0.25, -0.2) is 8.42 Å². The van der Waals surface area contributed by atoms with Crippen LogP contribution in [0.25, 0.3) is 0 Å². The Morgan fingerprint density at radius 1 is 1.00 bits per heavy atom. The van der Waals surface area contributed by atoms with E-state index in [0.29, 0.717) is 18.8 Å². The van der Waals surface area contributed by atoms with Gasteiger partial charge in [0.25, 0.3) is 0 Å². The minimum absolute atomic E-state index is 0.00940. The van der Waals surface area contributed by atoms with Gasteiger partial charge in [0, 0.05) is 19.5 Å². The molecule has 3 N–H and O–H groups in total. The lowest BCUT2D eigenvalue weighted by Crippen LogP contribution is -2.57. The van der Waals surface area contributed by atoms with Crippen molar-refractivity contribution >= 4 is 33.3 Å². The van der Waals surface area contributed by atoms with Gasteiger partial charge in [-0.05, 0) is 57.2 Å². The molecule has 2 saturated heterocycles. The molecule has 1 aromatic carbocycles. The maximum atomic E-state index is 13.7. The fourth-order valence-electron chi connectivity index (χ4n) is 5.25. The predicted molar refractivity (Wildman–Crippen MR) is 159 cm³/mol. The number of ether oxygens (including phenoxy) is 2. The second kappa shape index (κ2) is 14.0. The summed E-state index contributed by atoms with van der Waals surface area (Å²) in [6.45, 7) is 3.99. The summed E-state index contributed by atoms with van der Waals surface area (Å²) in [4.78, 5) is 54.5. The van der Waals surface area contributed by atoms with Crippen molar-refractivity contribution in [2.75, 3.05) is 44.9 Å².